The van der Waals surface area contributed by atoms with E-state index in [0.29, 0.717) is 35.1 Å². The van der Waals surface area contributed by atoms with Crippen LogP contribution in [0, 0.1) is 0 Å². The molecule has 8 heteroatoms. The number of fused-ring (bicyclic) bond motifs is 1. The van der Waals surface area contributed by atoms with Crippen LogP contribution in [-0.2, 0) is 9.59 Å². The van der Waals surface area contributed by atoms with Crippen LogP contribution in [0.25, 0.3) is 5.76 Å². The molecular formula is C26H20ClNO6. The second-order valence-corrected chi connectivity index (χ2v) is 8.10. The van der Waals surface area contributed by atoms with E-state index in [-0.39, 0.29) is 28.7 Å². The second-order valence-electron chi connectivity index (χ2n) is 7.69. The molecule has 0 radical (unpaired) electrons. The maximum absolute atomic E-state index is 13.3. The Balaban J connectivity index is 1.70. The van der Waals surface area contributed by atoms with E-state index in [1.54, 1.807) is 60.7 Å². The molecule has 0 spiro atoms. The molecule has 1 saturated heterocycles. The van der Waals surface area contributed by atoms with Crippen molar-refractivity contribution in [2.45, 2.75) is 13.0 Å². The molecular weight excluding hydrogens is 458 g/mol. The van der Waals surface area contributed by atoms with Crippen molar-refractivity contribution in [3.8, 4) is 17.2 Å². The van der Waals surface area contributed by atoms with Gasteiger partial charge in [-0.15, -0.1) is 0 Å². The van der Waals surface area contributed by atoms with Crippen molar-refractivity contribution in [1.29, 1.82) is 0 Å². The zero-order valence-corrected chi connectivity index (χ0v) is 18.9. The van der Waals surface area contributed by atoms with Crippen molar-refractivity contribution in [3.05, 3.63) is 88.5 Å². The van der Waals surface area contributed by atoms with Gasteiger partial charge in [0, 0.05) is 17.3 Å². The van der Waals surface area contributed by atoms with E-state index in [1.807, 2.05) is 13.0 Å². The summed E-state index contributed by atoms with van der Waals surface area (Å²) in [4.78, 5) is 27.9. The Bertz CT molecular complexity index is 1320. The summed E-state index contributed by atoms with van der Waals surface area (Å²) in [6, 6.07) is 17.9. The molecule has 1 N–H and O–H groups in total. The largest absolute Gasteiger partial charge is 0.507 e. The number of anilines is 1. The molecule has 1 unspecified atom stereocenters. The van der Waals surface area contributed by atoms with E-state index in [0.717, 1.165) is 0 Å². The highest BCUT2D eigenvalue weighted by atomic mass is 35.5. The number of benzene rings is 3. The third-order valence-corrected chi connectivity index (χ3v) is 6.03. The molecule has 7 nitrogen and oxygen atoms in total. The topological polar surface area (TPSA) is 85.3 Å². The van der Waals surface area contributed by atoms with Crippen molar-refractivity contribution in [1.82, 2.24) is 0 Å². The first-order valence-electron chi connectivity index (χ1n) is 10.7. The smallest absolute Gasteiger partial charge is 0.300 e. The van der Waals surface area contributed by atoms with Crippen molar-refractivity contribution < 1.29 is 28.9 Å². The van der Waals surface area contributed by atoms with Gasteiger partial charge in [-0.25, -0.2) is 0 Å². The summed E-state index contributed by atoms with van der Waals surface area (Å²) in [6.45, 7) is 2.33. The highest BCUT2D eigenvalue weighted by Gasteiger charge is 2.47. The summed E-state index contributed by atoms with van der Waals surface area (Å²) in [6.07, 6.45) is 0. The van der Waals surface area contributed by atoms with Gasteiger partial charge in [0.2, 0.25) is 6.79 Å². The van der Waals surface area contributed by atoms with E-state index in [4.69, 9.17) is 25.8 Å². The predicted molar refractivity (Wildman–Crippen MR) is 126 cm³/mol. The average Bonchev–Trinajstić information content (AvgIpc) is 3.42. The number of hydrogen-bond donors (Lipinski definition) is 1. The van der Waals surface area contributed by atoms with E-state index in [1.165, 1.54) is 4.90 Å². The van der Waals surface area contributed by atoms with Crippen molar-refractivity contribution in [3.63, 3.8) is 0 Å². The van der Waals surface area contributed by atoms with Crippen LogP contribution in [0.4, 0.5) is 5.69 Å². The molecule has 0 bridgehead atoms. The molecule has 1 fully saturated rings. The van der Waals surface area contributed by atoms with Crippen LogP contribution in [-0.4, -0.2) is 30.2 Å². The first-order valence-corrected chi connectivity index (χ1v) is 11.1. The lowest BCUT2D eigenvalue weighted by molar-refractivity contribution is -0.132. The molecule has 34 heavy (non-hydrogen) atoms. The number of carbonyl (C=O) groups is 2. The Kier molecular flexibility index (Phi) is 5.63. The number of halogens is 1. The Labute approximate surface area is 200 Å². The molecule has 172 valence electrons. The van der Waals surface area contributed by atoms with E-state index < -0.39 is 17.7 Å². The van der Waals surface area contributed by atoms with Gasteiger partial charge >= 0.3 is 0 Å². The van der Waals surface area contributed by atoms with Gasteiger partial charge in [-0.2, -0.15) is 0 Å². The summed E-state index contributed by atoms with van der Waals surface area (Å²) in [5, 5.41) is 11.6. The lowest BCUT2D eigenvalue weighted by Gasteiger charge is -2.25. The number of nitrogens with zero attached hydrogens (tertiary/aromatic N) is 1. The number of carbonyl (C=O) groups excluding carboxylic acids is 2. The van der Waals surface area contributed by atoms with Crippen LogP contribution in [0.5, 0.6) is 17.2 Å². The third-order valence-electron chi connectivity index (χ3n) is 5.70. The van der Waals surface area contributed by atoms with Crippen molar-refractivity contribution in [2.24, 2.45) is 0 Å². The maximum Gasteiger partial charge on any atom is 0.300 e. The van der Waals surface area contributed by atoms with Crippen LogP contribution < -0.4 is 19.1 Å². The van der Waals surface area contributed by atoms with Gasteiger partial charge in [-0.3, -0.25) is 14.5 Å². The molecule has 3 aromatic rings. The first kappa shape index (κ1) is 21.9. The van der Waals surface area contributed by atoms with E-state index in [2.05, 4.69) is 0 Å². The molecule has 2 heterocycles. The van der Waals surface area contributed by atoms with Crippen LogP contribution in [0.15, 0.2) is 72.3 Å². The fourth-order valence-corrected chi connectivity index (χ4v) is 4.38. The van der Waals surface area contributed by atoms with Gasteiger partial charge in [0.1, 0.15) is 11.5 Å². The van der Waals surface area contributed by atoms with Crippen LogP contribution >= 0.6 is 11.6 Å². The minimum Gasteiger partial charge on any atom is -0.507 e. The Hall–Kier alpha value is -3.97. The lowest BCUT2D eigenvalue weighted by atomic mass is 9.95. The zero-order valence-electron chi connectivity index (χ0n) is 18.2. The molecule has 3 aromatic carbocycles. The number of aliphatic hydroxyl groups excluding tert-OH is 1. The molecule has 5 rings (SSSR count). The summed E-state index contributed by atoms with van der Waals surface area (Å²) in [7, 11) is 0. The highest BCUT2D eigenvalue weighted by Crippen LogP contribution is 2.45. The molecule has 1 atom stereocenters. The van der Waals surface area contributed by atoms with Gasteiger partial charge in [-0.1, -0.05) is 41.9 Å². The molecule has 0 saturated carbocycles. The SMILES string of the molecule is CCOc1ccc(Cl)c(/C(O)=C2\C(=O)C(=O)N(c3ccc4c(c3)OCO4)C2c2ccccc2)c1. The molecule has 2 aliphatic heterocycles. The molecule has 1 amide bonds. The Morgan fingerprint density at radius 1 is 1.06 bits per heavy atom. The fraction of sp³-hybridized carbons (Fsp3) is 0.154. The van der Waals surface area contributed by atoms with Crippen LogP contribution in [0.2, 0.25) is 5.02 Å². The first-order chi connectivity index (χ1) is 16.5. The molecule has 0 aliphatic carbocycles. The minimum atomic E-state index is -0.881. The fourth-order valence-electron chi connectivity index (χ4n) is 4.17. The number of rotatable bonds is 5. The summed E-state index contributed by atoms with van der Waals surface area (Å²) < 4.78 is 16.4. The number of aliphatic hydroxyl groups is 1. The van der Waals surface area contributed by atoms with Gasteiger partial charge < -0.3 is 19.3 Å². The zero-order chi connectivity index (χ0) is 23.8. The predicted octanol–water partition coefficient (Wildman–Crippen LogP) is 5.09. The normalized spacial score (nSPS) is 18.4. The number of ether oxygens (including phenoxy) is 3. The summed E-state index contributed by atoms with van der Waals surface area (Å²) in [5.41, 5.74) is 1.23. The van der Waals surface area contributed by atoms with E-state index >= 15 is 0 Å². The number of ketones is 1. The monoisotopic (exact) mass is 477 g/mol. The second kappa shape index (κ2) is 8.76. The average molecular weight is 478 g/mol. The maximum atomic E-state index is 13.3. The quantitative estimate of drug-likeness (QED) is 0.313. The van der Waals surface area contributed by atoms with Crippen LogP contribution in [0.1, 0.15) is 24.1 Å². The Morgan fingerprint density at radius 2 is 1.82 bits per heavy atom. The van der Waals surface area contributed by atoms with Crippen molar-refractivity contribution >= 4 is 34.7 Å². The van der Waals surface area contributed by atoms with Gasteiger partial charge in [0.05, 0.1) is 23.2 Å². The lowest BCUT2D eigenvalue weighted by Crippen LogP contribution is -2.29. The Morgan fingerprint density at radius 3 is 2.59 bits per heavy atom. The summed E-state index contributed by atoms with van der Waals surface area (Å²) in [5.74, 6) is -0.459. The number of Topliss-reactive ketones (excluding diaryl/α,β-unsaturated/α-hetero) is 1. The van der Waals surface area contributed by atoms with Gasteiger partial charge in [-0.05, 0) is 42.8 Å². The highest BCUT2D eigenvalue weighted by molar-refractivity contribution is 6.52. The minimum absolute atomic E-state index is 0.0654. The third kappa shape index (κ3) is 3.64. The van der Waals surface area contributed by atoms with Crippen LogP contribution in [0.3, 0.4) is 0 Å². The van der Waals surface area contributed by atoms with Gasteiger partial charge in [0.25, 0.3) is 11.7 Å². The standard InChI is InChI=1S/C26H20ClNO6/c1-2-32-17-9-10-19(27)18(13-17)24(29)22-23(15-6-4-3-5-7-15)28(26(31)25(22)30)16-8-11-20-21(12-16)34-14-33-20/h3-13,23,29H,2,14H2,1H3/b24-22+. The van der Waals surface area contributed by atoms with Crippen molar-refractivity contribution in [2.75, 3.05) is 18.3 Å². The number of amides is 1. The molecule has 0 aromatic heterocycles. The summed E-state index contributed by atoms with van der Waals surface area (Å²) >= 11 is 6.37. The van der Waals surface area contributed by atoms with E-state index in [9.17, 15) is 14.7 Å². The van der Waals surface area contributed by atoms with Gasteiger partial charge in [0.15, 0.2) is 11.5 Å². The molecule has 2 aliphatic rings. The number of hydrogen-bond acceptors (Lipinski definition) is 6.